The zero-order chi connectivity index (χ0) is 11.4. The summed E-state index contributed by atoms with van der Waals surface area (Å²) < 4.78 is 5.15. The Morgan fingerprint density at radius 2 is 2.00 bits per heavy atom. The summed E-state index contributed by atoms with van der Waals surface area (Å²) in [4.78, 5) is 6.51. The first-order valence-corrected chi connectivity index (χ1v) is 5.55. The van der Waals surface area contributed by atoms with Crippen LogP contribution in [-0.2, 0) is 4.74 Å². The molecule has 0 radical (unpaired) electrons. The first-order chi connectivity index (χ1) is 7.79. The Bertz CT molecular complexity index is 373. The second-order valence-electron chi connectivity index (χ2n) is 3.81. The van der Waals surface area contributed by atoms with Gasteiger partial charge >= 0.3 is 0 Å². The third-order valence-corrected chi connectivity index (χ3v) is 2.67. The first kappa shape index (κ1) is 16.9. The zero-order valence-electron chi connectivity index (χ0n) is 10.3. The molecule has 0 saturated carbocycles. The van der Waals surface area contributed by atoms with E-state index in [-0.39, 0.29) is 30.9 Å². The number of halogens is 2. The van der Waals surface area contributed by atoms with Crippen molar-refractivity contribution in [3.63, 3.8) is 0 Å². The Hall–Kier alpha value is -1.13. The molecule has 0 saturated heterocycles. The Kier molecular flexibility index (Phi) is 7.55. The van der Waals surface area contributed by atoms with Crippen molar-refractivity contribution in [2.75, 3.05) is 24.6 Å². The van der Waals surface area contributed by atoms with Crippen LogP contribution >= 0.6 is 24.8 Å². The number of ether oxygens (including phenoxy) is 1. The number of amidine groups is 1. The highest BCUT2D eigenvalue weighted by molar-refractivity contribution is 5.85. The monoisotopic (exact) mass is 291 g/mol. The van der Waals surface area contributed by atoms with Gasteiger partial charge in [-0.25, -0.2) is 4.99 Å². The summed E-state index contributed by atoms with van der Waals surface area (Å²) >= 11 is 0. The van der Waals surface area contributed by atoms with Gasteiger partial charge in [0.1, 0.15) is 12.6 Å². The van der Waals surface area contributed by atoms with Crippen LogP contribution in [0.1, 0.15) is 6.92 Å². The van der Waals surface area contributed by atoms with E-state index in [4.69, 9.17) is 10.5 Å². The standard InChI is InChI=1S/C12H17N3O.2ClH/c1-2-15(11-6-4-3-5-7-11)8-10-9-16-12(13)14-10;;/h3-7,10H,2,8-9H2,1H3,(H2,13,14);2*1H/t10-;;/m0../s1. The first-order valence-electron chi connectivity index (χ1n) is 5.55. The molecule has 2 rings (SSSR count). The van der Waals surface area contributed by atoms with Crippen LogP contribution in [0, 0.1) is 0 Å². The molecule has 1 aromatic carbocycles. The molecule has 102 valence electrons. The van der Waals surface area contributed by atoms with E-state index in [2.05, 4.69) is 28.9 Å². The number of hydrogen-bond acceptors (Lipinski definition) is 4. The molecule has 1 heterocycles. The quantitative estimate of drug-likeness (QED) is 0.924. The van der Waals surface area contributed by atoms with E-state index in [1.165, 1.54) is 5.69 Å². The number of likely N-dealkylation sites (N-methyl/N-ethyl adjacent to an activating group) is 1. The zero-order valence-corrected chi connectivity index (χ0v) is 11.9. The lowest BCUT2D eigenvalue weighted by atomic mass is 10.2. The van der Waals surface area contributed by atoms with E-state index in [0.29, 0.717) is 12.6 Å². The van der Waals surface area contributed by atoms with Gasteiger partial charge in [0.05, 0.1) is 0 Å². The van der Waals surface area contributed by atoms with Gasteiger partial charge in [-0.3, -0.25) is 0 Å². The van der Waals surface area contributed by atoms with Crippen LogP contribution in [0.2, 0.25) is 0 Å². The molecule has 0 bridgehead atoms. The molecule has 0 amide bonds. The lowest BCUT2D eigenvalue weighted by molar-refractivity contribution is 0.313. The molecule has 1 aliphatic rings. The molecule has 0 unspecified atom stereocenters. The fourth-order valence-corrected chi connectivity index (χ4v) is 1.84. The molecule has 1 atom stereocenters. The second-order valence-corrected chi connectivity index (χ2v) is 3.81. The normalized spacial score (nSPS) is 16.9. The maximum Gasteiger partial charge on any atom is 0.282 e. The van der Waals surface area contributed by atoms with Gasteiger partial charge in [0, 0.05) is 18.8 Å². The predicted molar refractivity (Wildman–Crippen MR) is 80.2 cm³/mol. The number of nitrogens with zero attached hydrogens (tertiary/aromatic N) is 2. The molecule has 4 nitrogen and oxygen atoms in total. The highest BCUT2D eigenvalue weighted by Crippen LogP contribution is 2.15. The van der Waals surface area contributed by atoms with Crippen LogP contribution in [-0.4, -0.2) is 31.8 Å². The van der Waals surface area contributed by atoms with Gasteiger partial charge in [-0.2, -0.15) is 0 Å². The summed E-state index contributed by atoms with van der Waals surface area (Å²) in [6, 6.07) is 10.8. The van der Waals surface area contributed by atoms with Crippen molar-refractivity contribution in [2.24, 2.45) is 10.7 Å². The lowest BCUT2D eigenvalue weighted by Crippen LogP contribution is -2.32. The number of nitrogens with two attached hydrogens (primary N) is 1. The summed E-state index contributed by atoms with van der Waals surface area (Å²) in [6.45, 7) is 4.53. The Balaban J connectivity index is 0.00000144. The number of aliphatic imine (C=N–C) groups is 1. The maximum atomic E-state index is 5.49. The minimum absolute atomic E-state index is 0. The smallest absolute Gasteiger partial charge is 0.282 e. The fraction of sp³-hybridized carbons (Fsp3) is 0.417. The van der Waals surface area contributed by atoms with Crippen molar-refractivity contribution in [3.8, 4) is 0 Å². The maximum absolute atomic E-state index is 5.49. The van der Waals surface area contributed by atoms with E-state index in [1.54, 1.807) is 0 Å². The molecule has 0 aliphatic carbocycles. The van der Waals surface area contributed by atoms with Crippen LogP contribution < -0.4 is 10.6 Å². The molecule has 18 heavy (non-hydrogen) atoms. The molecule has 1 aromatic rings. The predicted octanol–water partition coefficient (Wildman–Crippen LogP) is 2.07. The number of anilines is 1. The van der Waals surface area contributed by atoms with Crippen molar-refractivity contribution >= 4 is 36.5 Å². The van der Waals surface area contributed by atoms with Gasteiger partial charge in [-0.1, -0.05) is 18.2 Å². The average molecular weight is 292 g/mol. The Morgan fingerprint density at radius 3 is 2.50 bits per heavy atom. The van der Waals surface area contributed by atoms with Crippen molar-refractivity contribution in [1.29, 1.82) is 0 Å². The molecular weight excluding hydrogens is 273 g/mol. The third-order valence-electron chi connectivity index (χ3n) is 2.67. The van der Waals surface area contributed by atoms with E-state index >= 15 is 0 Å². The van der Waals surface area contributed by atoms with Crippen molar-refractivity contribution in [3.05, 3.63) is 30.3 Å². The summed E-state index contributed by atoms with van der Waals surface area (Å²) in [5, 5.41) is 0. The minimum atomic E-state index is 0. The van der Waals surface area contributed by atoms with E-state index < -0.39 is 0 Å². The summed E-state index contributed by atoms with van der Waals surface area (Å²) in [6.07, 6.45) is 0. The highest BCUT2D eigenvalue weighted by atomic mass is 35.5. The van der Waals surface area contributed by atoms with E-state index in [0.717, 1.165) is 13.1 Å². The van der Waals surface area contributed by atoms with Crippen molar-refractivity contribution < 1.29 is 4.74 Å². The van der Waals surface area contributed by atoms with Gasteiger partial charge in [0.2, 0.25) is 0 Å². The largest absolute Gasteiger partial charge is 0.463 e. The molecule has 2 N–H and O–H groups in total. The van der Waals surface area contributed by atoms with Gasteiger partial charge in [0.25, 0.3) is 6.02 Å². The second kappa shape index (κ2) is 8.06. The van der Waals surface area contributed by atoms with Crippen molar-refractivity contribution in [1.82, 2.24) is 0 Å². The number of benzene rings is 1. The van der Waals surface area contributed by atoms with Crippen LogP contribution in [0.4, 0.5) is 5.69 Å². The molecular formula is C12H19Cl2N3O. The number of para-hydroxylation sites is 1. The number of rotatable bonds is 4. The van der Waals surface area contributed by atoms with Crippen LogP contribution in [0.5, 0.6) is 0 Å². The van der Waals surface area contributed by atoms with Crippen LogP contribution in [0.15, 0.2) is 35.3 Å². The topological polar surface area (TPSA) is 50.9 Å². The van der Waals surface area contributed by atoms with Crippen LogP contribution in [0.3, 0.4) is 0 Å². The minimum Gasteiger partial charge on any atom is -0.463 e. The van der Waals surface area contributed by atoms with E-state index in [9.17, 15) is 0 Å². The summed E-state index contributed by atoms with van der Waals surface area (Å²) in [5.41, 5.74) is 6.70. The molecule has 0 spiro atoms. The molecule has 0 fully saturated rings. The molecule has 6 heteroatoms. The molecule has 0 aromatic heterocycles. The summed E-state index contributed by atoms with van der Waals surface area (Å²) in [5.74, 6) is 0. The Labute approximate surface area is 120 Å². The summed E-state index contributed by atoms with van der Waals surface area (Å²) in [7, 11) is 0. The van der Waals surface area contributed by atoms with Gasteiger partial charge in [-0.15, -0.1) is 24.8 Å². The van der Waals surface area contributed by atoms with Gasteiger partial charge < -0.3 is 15.4 Å². The molecule has 1 aliphatic heterocycles. The SMILES string of the molecule is CCN(C[C@H]1COC(N)=N1)c1ccccc1.Cl.Cl. The van der Waals surface area contributed by atoms with E-state index in [1.807, 2.05) is 18.2 Å². The third kappa shape index (κ3) is 4.27. The van der Waals surface area contributed by atoms with Crippen LogP contribution in [0.25, 0.3) is 0 Å². The average Bonchev–Trinajstić information content (AvgIpc) is 2.73. The fourth-order valence-electron chi connectivity index (χ4n) is 1.84. The van der Waals surface area contributed by atoms with Gasteiger partial charge in [0.15, 0.2) is 0 Å². The Morgan fingerprint density at radius 1 is 1.33 bits per heavy atom. The number of hydrogen-bond donors (Lipinski definition) is 1. The van der Waals surface area contributed by atoms with Crippen molar-refractivity contribution in [2.45, 2.75) is 13.0 Å². The highest BCUT2D eigenvalue weighted by Gasteiger charge is 2.19. The van der Waals surface area contributed by atoms with Gasteiger partial charge in [-0.05, 0) is 19.1 Å². The lowest BCUT2D eigenvalue weighted by Gasteiger charge is -2.24.